The molecule has 0 aliphatic heterocycles. The van der Waals surface area contributed by atoms with Crippen molar-refractivity contribution < 1.29 is 14.3 Å². The molecule has 5 nitrogen and oxygen atoms in total. The van der Waals surface area contributed by atoms with Crippen LogP contribution in [0.1, 0.15) is 34.5 Å². The minimum absolute atomic E-state index is 0.196. The molecule has 0 aromatic heterocycles. The molecule has 5 heteroatoms. The summed E-state index contributed by atoms with van der Waals surface area (Å²) in [4.78, 5) is 12.3. The predicted octanol–water partition coefficient (Wildman–Crippen LogP) is 3.07. The standard InChI is InChI=1S/C18H18N2O3/c1-12(15-8-9-16(22-2)17(10-15)23-3)20-18(21)14-6-4-13(11-19)5-7-14/h4-10,12H,1-3H3,(H,20,21)/t12-/m0/s1. The van der Waals surface area contributed by atoms with Crippen LogP contribution in [0.2, 0.25) is 0 Å². The molecule has 0 spiro atoms. The zero-order valence-corrected chi connectivity index (χ0v) is 13.3. The van der Waals surface area contributed by atoms with Crippen LogP contribution in [0.5, 0.6) is 11.5 Å². The van der Waals surface area contributed by atoms with Crippen molar-refractivity contribution in [3.63, 3.8) is 0 Å². The lowest BCUT2D eigenvalue weighted by atomic mass is 10.1. The number of benzene rings is 2. The molecule has 0 aliphatic rings. The Hall–Kier alpha value is -3.00. The summed E-state index contributed by atoms with van der Waals surface area (Å²) in [5.74, 6) is 1.06. The molecule has 2 aromatic rings. The van der Waals surface area contributed by atoms with E-state index in [0.717, 1.165) is 5.56 Å². The lowest BCUT2D eigenvalue weighted by Gasteiger charge is -2.16. The van der Waals surface area contributed by atoms with Crippen LogP contribution in [0, 0.1) is 11.3 Å². The number of hydrogen-bond donors (Lipinski definition) is 1. The van der Waals surface area contributed by atoms with Crippen molar-refractivity contribution in [2.45, 2.75) is 13.0 Å². The van der Waals surface area contributed by atoms with Crippen molar-refractivity contribution in [3.8, 4) is 17.6 Å². The number of carbonyl (C=O) groups excluding carboxylic acids is 1. The van der Waals surface area contributed by atoms with Gasteiger partial charge < -0.3 is 14.8 Å². The summed E-state index contributed by atoms with van der Waals surface area (Å²) in [6.45, 7) is 1.89. The van der Waals surface area contributed by atoms with E-state index in [-0.39, 0.29) is 11.9 Å². The van der Waals surface area contributed by atoms with Gasteiger partial charge >= 0.3 is 0 Å². The Morgan fingerprint density at radius 3 is 2.30 bits per heavy atom. The highest BCUT2D eigenvalue weighted by molar-refractivity contribution is 5.94. The molecule has 118 valence electrons. The minimum Gasteiger partial charge on any atom is -0.493 e. The first-order chi connectivity index (χ1) is 11.1. The quantitative estimate of drug-likeness (QED) is 0.921. The highest BCUT2D eigenvalue weighted by atomic mass is 16.5. The Bertz CT molecular complexity index is 733. The number of carbonyl (C=O) groups is 1. The van der Waals surface area contributed by atoms with E-state index in [1.807, 2.05) is 25.1 Å². The van der Waals surface area contributed by atoms with Gasteiger partial charge in [-0.05, 0) is 48.9 Å². The molecule has 0 saturated carbocycles. The van der Waals surface area contributed by atoms with Gasteiger partial charge in [0.15, 0.2) is 11.5 Å². The van der Waals surface area contributed by atoms with E-state index in [9.17, 15) is 4.79 Å². The SMILES string of the molecule is COc1ccc([C@H](C)NC(=O)c2ccc(C#N)cc2)cc1OC. The van der Waals surface area contributed by atoms with E-state index in [1.165, 1.54) is 0 Å². The molecule has 0 saturated heterocycles. The molecule has 23 heavy (non-hydrogen) atoms. The maximum Gasteiger partial charge on any atom is 0.251 e. The fourth-order valence-electron chi connectivity index (χ4n) is 2.18. The number of ether oxygens (including phenoxy) is 2. The number of amides is 1. The summed E-state index contributed by atoms with van der Waals surface area (Å²) < 4.78 is 10.5. The molecular weight excluding hydrogens is 292 g/mol. The van der Waals surface area contributed by atoms with Gasteiger partial charge in [0.25, 0.3) is 5.91 Å². The van der Waals surface area contributed by atoms with Gasteiger partial charge in [0.05, 0.1) is 31.9 Å². The van der Waals surface area contributed by atoms with E-state index in [4.69, 9.17) is 14.7 Å². The molecule has 2 rings (SSSR count). The van der Waals surface area contributed by atoms with Crippen molar-refractivity contribution in [1.82, 2.24) is 5.32 Å². The second kappa shape index (κ2) is 7.32. The molecule has 2 aromatic carbocycles. The van der Waals surface area contributed by atoms with Gasteiger partial charge in [0, 0.05) is 5.56 Å². The third-order valence-electron chi connectivity index (χ3n) is 3.53. The lowest BCUT2D eigenvalue weighted by molar-refractivity contribution is 0.0940. The van der Waals surface area contributed by atoms with Gasteiger partial charge in [0.1, 0.15) is 0 Å². The van der Waals surface area contributed by atoms with E-state index >= 15 is 0 Å². The normalized spacial score (nSPS) is 11.2. The Morgan fingerprint density at radius 1 is 1.09 bits per heavy atom. The smallest absolute Gasteiger partial charge is 0.251 e. The first-order valence-corrected chi connectivity index (χ1v) is 7.12. The van der Waals surface area contributed by atoms with Gasteiger partial charge in [-0.25, -0.2) is 0 Å². The van der Waals surface area contributed by atoms with Crippen molar-refractivity contribution in [2.24, 2.45) is 0 Å². The number of nitrogens with one attached hydrogen (secondary N) is 1. The zero-order chi connectivity index (χ0) is 16.8. The molecule has 0 fully saturated rings. The van der Waals surface area contributed by atoms with Crippen molar-refractivity contribution in [3.05, 3.63) is 59.2 Å². The van der Waals surface area contributed by atoms with E-state index in [2.05, 4.69) is 5.32 Å². The predicted molar refractivity (Wildman–Crippen MR) is 86.6 cm³/mol. The van der Waals surface area contributed by atoms with Gasteiger partial charge in [-0.3, -0.25) is 4.79 Å². The molecule has 1 N–H and O–H groups in total. The van der Waals surface area contributed by atoms with Crippen molar-refractivity contribution >= 4 is 5.91 Å². The van der Waals surface area contributed by atoms with E-state index in [1.54, 1.807) is 44.6 Å². The molecule has 1 amide bonds. The molecule has 0 radical (unpaired) electrons. The van der Waals surface area contributed by atoms with Crippen LogP contribution >= 0.6 is 0 Å². The maximum atomic E-state index is 12.3. The van der Waals surface area contributed by atoms with Crippen LogP contribution in [-0.4, -0.2) is 20.1 Å². The Labute approximate surface area is 135 Å². The highest BCUT2D eigenvalue weighted by Gasteiger charge is 2.14. The highest BCUT2D eigenvalue weighted by Crippen LogP contribution is 2.29. The number of nitrogens with zero attached hydrogens (tertiary/aromatic N) is 1. The van der Waals surface area contributed by atoms with Crippen LogP contribution in [-0.2, 0) is 0 Å². The molecule has 0 bridgehead atoms. The van der Waals surface area contributed by atoms with Crippen LogP contribution in [0.15, 0.2) is 42.5 Å². The summed E-state index contributed by atoms with van der Waals surface area (Å²) in [5, 5.41) is 11.7. The van der Waals surface area contributed by atoms with Gasteiger partial charge in [-0.15, -0.1) is 0 Å². The molecular formula is C18H18N2O3. The Morgan fingerprint density at radius 2 is 1.74 bits per heavy atom. The first kappa shape index (κ1) is 16.4. The second-order valence-electron chi connectivity index (χ2n) is 5.00. The van der Waals surface area contributed by atoms with Crippen molar-refractivity contribution in [2.75, 3.05) is 14.2 Å². The largest absolute Gasteiger partial charge is 0.493 e. The zero-order valence-electron chi connectivity index (χ0n) is 13.3. The van der Waals surface area contributed by atoms with Crippen LogP contribution in [0.4, 0.5) is 0 Å². The minimum atomic E-state index is -0.197. The monoisotopic (exact) mass is 310 g/mol. The molecule has 1 atom stereocenters. The lowest BCUT2D eigenvalue weighted by Crippen LogP contribution is -2.26. The Balaban J connectivity index is 2.13. The van der Waals surface area contributed by atoms with Gasteiger partial charge in [-0.1, -0.05) is 6.07 Å². The number of rotatable bonds is 5. The van der Waals surface area contributed by atoms with E-state index < -0.39 is 0 Å². The summed E-state index contributed by atoms with van der Waals surface area (Å²) >= 11 is 0. The summed E-state index contributed by atoms with van der Waals surface area (Å²) in [6.07, 6.45) is 0. The summed E-state index contributed by atoms with van der Waals surface area (Å²) in [5.41, 5.74) is 1.94. The van der Waals surface area contributed by atoms with Crippen LogP contribution < -0.4 is 14.8 Å². The third-order valence-corrected chi connectivity index (χ3v) is 3.53. The maximum absolute atomic E-state index is 12.3. The van der Waals surface area contributed by atoms with Gasteiger partial charge in [-0.2, -0.15) is 5.26 Å². The fourth-order valence-corrected chi connectivity index (χ4v) is 2.18. The van der Waals surface area contributed by atoms with Crippen LogP contribution in [0.25, 0.3) is 0 Å². The van der Waals surface area contributed by atoms with Gasteiger partial charge in [0.2, 0.25) is 0 Å². The average Bonchev–Trinajstić information content (AvgIpc) is 2.60. The number of nitriles is 1. The van der Waals surface area contributed by atoms with E-state index in [0.29, 0.717) is 22.6 Å². The second-order valence-corrected chi connectivity index (χ2v) is 5.00. The third kappa shape index (κ3) is 3.80. The first-order valence-electron chi connectivity index (χ1n) is 7.12. The Kier molecular flexibility index (Phi) is 5.21. The fraction of sp³-hybridized carbons (Fsp3) is 0.222. The summed E-state index contributed by atoms with van der Waals surface area (Å²) in [7, 11) is 3.15. The molecule has 0 aliphatic carbocycles. The van der Waals surface area contributed by atoms with Crippen molar-refractivity contribution in [1.29, 1.82) is 5.26 Å². The number of methoxy groups -OCH3 is 2. The van der Waals surface area contributed by atoms with Crippen LogP contribution in [0.3, 0.4) is 0 Å². The molecule has 0 heterocycles. The number of hydrogen-bond acceptors (Lipinski definition) is 4. The summed E-state index contributed by atoms with van der Waals surface area (Å²) in [6, 6.07) is 13.9. The average molecular weight is 310 g/mol. The molecule has 0 unspecified atom stereocenters. The topological polar surface area (TPSA) is 71.3 Å².